The number of benzene rings is 2. The van der Waals surface area contributed by atoms with Crippen LogP contribution in [0.2, 0.25) is 0 Å². The number of rotatable bonds is 6. The van der Waals surface area contributed by atoms with Crippen LogP contribution in [0.5, 0.6) is 17.2 Å². The quantitative estimate of drug-likeness (QED) is 0.681. The second-order valence-electron chi connectivity index (χ2n) is 8.75. The summed E-state index contributed by atoms with van der Waals surface area (Å²) in [4.78, 5) is 28.3. The van der Waals surface area contributed by atoms with Gasteiger partial charge < -0.3 is 29.2 Å². The summed E-state index contributed by atoms with van der Waals surface area (Å²) in [5.74, 6) is 0.738. The maximum Gasteiger partial charge on any atom is 0.234 e. The highest BCUT2D eigenvalue weighted by Gasteiger charge is 2.67. The molecule has 33 heavy (non-hydrogen) atoms. The molecule has 2 bridgehead atoms. The highest BCUT2D eigenvalue weighted by molar-refractivity contribution is 6.03. The third kappa shape index (κ3) is 3.16. The molecule has 4 heterocycles. The number of nitrogens with one attached hydrogen (secondary N) is 1. The van der Waals surface area contributed by atoms with E-state index in [2.05, 4.69) is 5.32 Å². The topological polar surface area (TPSA) is 86.3 Å². The summed E-state index contributed by atoms with van der Waals surface area (Å²) in [6.07, 6.45) is 4.19. The third-order valence-corrected chi connectivity index (χ3v) is 6.94. The molecule has 4 aliphatic rings. The van der Waals surface area contributed by atoms with Crippen LogP contribution in [0.1, 0.15) is 5.56 Å². The van der Waals surface area contributed by atoms with E-state index < -0.39 is 17.4 Å². The Bertz CT molecular complexity index is 1150. The zero-order valence-corrected chi connectivity index (χ0v) is 18.2. The van der Waals surface area contributed by atoms with Gasteiger partial charge in [-0.2, -0.15) is 0 Å². The highest BCUT2D eigenvalue weighted by Crippen LogP contribution is 2.53. The Morgan fingerprint density at radius 2 is 2.00 bits per heavy atom. The third-order valence-electron chi connectivity index (χ3n) is 6.94. The van der Waals surface area contributed by atoms with E-state index in [1.807, 2.05) is 42.5 Å². The second kappa shape index (κ2) is 7.52. The van der Waals surface area contributed by atoms with E-state index in [4.69, 9.17) is 18.9 Å². The number of hydrogen-bond acceptors (Lipinski definition) is 6. The van der Waals surface area contributed by atoms with Crippen molar-refractivity contribution in [1.29, 1.82) is 0 Å². The van der Waals surface area contributed by atoms with Crippen LogP contribution in [0.4, 0.5) is 5.69 Å². The van der Waals surface area contributed by atoms with Crippen LogP contribution in [0.15, 0.2) is 54.6 Å². The number of fused-ring (bicyclic) bond motifs is 2. The fourth-order valence-corrected chi connectivity index (χ4v) is 5.31. The van der Waals surface area contributed by atoms with E-state index in [-0.39, 0.29) is 24.7 Å². The summed E-state index contributed by atoms with van der Waals surface area (Å²) < 4.78 is 22.2. The summed E-state index contributed by atoms with van der Waals surface area (Å²) in [5, 5.41) is 3.01. The summed E-state index contributed by atoms with van der Waals surface area (Å²) in [7, 11) is 1.63. The lowest BCUT2D eigenvalue weighted by Crippen LogP contribution is -2.44. The van der Waals surface area contributed by atoms with Crippen molar-refractivity contribution in [2.75, 3.05) is 31.9 Å². The van der Waals surface area contributed by atoms with Gasteiger partial charge in [0.15, 0.2) is 11.5 Å². The molecule has 0 radical (unpaired) electrons. The van der Waals surface area contributed by atoms with Crippen molar-refractivity contribution in [3.8, 4) is 17.2 Å². The minimum Gasteiger partial charge on any atom is -0.497 e. The Hall–Kier alpha value is -3.52. The molecule has 1 spiro atoms. The van der Waals surface area contributed by atoms with Gasteiger partial charge in [0.1, 0.15) is 11.4 Å². The molecular weight excluding hydrogens is 424 g/mol. The van der Waals surface area contributed by atoms with Crippen molar-refractivity contribution in [3.05, 3.63) is 60.2 Å². The first-order valence-electron chi connectivity index (χ1n) is 11.1. The Morgan fingerprint density at radius 1 is 1.18 bits per heavy atom. The van der Waals surface area contributed by atoms with Crippen LogP contribution < -0.4 is 24.4 Å². The van der Waals surface area contributed by atoms with Crippen LogP contribution in [0, 0.1) is 11.8 Å². The van der Waals surface area contributed by atoms with Gasteiger partial charge in [0.25, 0.3) is 0 Å². The zero-order valence-electron chi connectivity index (χ0n) is 18.2. The Kier molecular flexibility index (Phi) is 4.58. The standard InChI is InChI=1S/C25H24N2O6/c1-30-17-5-2-15(3-6-17)9-11-26-23(28)21-19-8-10-25(33-19)13-27(24(29)22(21)25)16-4-7-18-20(12-16)32-14-31-18/h2-8,10,12,19,21-22H,9,11,13-14H2,1H3,(H,26,28)/t19-,21?,22?,25?/m1/s1. The van der Waals surface area contributed by atoms with Crippen LogP contribution >= 0.6 is 0 Å². The van der Waals surface area contributed by atoms with Crippen molar-refractivity contribution in [2.24, 2.45) is 11.8 Å². The van der Waals surface area contributed by atoms with Crippen molar-refractivity contribution in [2.45, 2.75) is 18.1 Å². The largest absolute Gasteiger partial charge is 0.497 e. The SMILES string of the molecule is COc1ccc(CCNC(=O)C2C3C(=O)N(c4ccc5c(c4)OCO5)CC34C=C[C@H]2O4)cc1. The van der Waals surface area contributed by atoms with Gasteiger partial charge in [-0.3, -0.25) is 9.59 Å². The molecule has 8 nitrogen and oxygen atoms in total. The molecule has 3 unspecified atom stereocenters. The monoisotopic (exact) mass is 448 g/mol. The maximum absolute atomic E-state index is 13.5. The Labute approximate surface area is 191 Å². The second-order valence-corrected chi connectivity index (χ2v) is 8.75. The number of amides is 2. The predicted octanol–water partition coefficient (Wildman–Crippen LogP) is 2.07. The zero-order chi connectivity index (χ0) is 22.6. The molecule has 1 N–H and O–H groups in total. The molecule has 4 atom stereocenters. The number of nitrogens with zero attached hydrogens (tertiary/aromatic N) is 1. The molecule has 0 aromatic heterocycles. The molecule has 2 amide bonds. The summed E-state index contributed by atoms with van der Waals surface area (Å²) in [6.45, 7) is 1.03. The minimum absolute atomic E-state index is 0.101. The van der Waals surface area contributed by atoms with E-state index in [1.54, 1.807) is 24.1 Å². The molecule has 0 saturated carbocycles. The first kappa shape index (κ1) is 20.1. The van der Waals surface area contributed by atoms with Gasteiger partial charge in [-0.05, 0) is 36.2 Å². The fraction of sp³-hybridized carbons (Fsp3) is 0.360. The van der Waals surface area contributed by atoms with Crippen molar-refractivity contribution < 1.29 is 28.5 Å². The molecule has 0 aliphatic carbocycles. The number of carbonyl (C=O) groups excluding carboxylic acids is 2. The number of methoxy groups -OCH3 is 1. The smallest absolute Gasteiger partial charge is 0.234 e. The lowest BCUT2D eigenvalue weighted by Gasteiger charge is -2.23. The van der Waals surface area contributed by atoms with E-state index in [0.29, 0.717) is 36.7 Å². The average Bonchev–Trinajstić information content (AvgIpc) is 3.59. The normalized spacial score (nSPS) is 28.3. The number of hydrogen-bond donors (Lipinski definition) is 1. The lowest BCUT2D eigenvalue weighted by atomic mass is 9.77. The Balaban J connectivity index is 1.16. The lowest BCUT2D eigenvalue weighted by molar-refractivity contribution is -0.131. The van der Waals surface area contributed by atoms with E-state index in [9.17, 15) is 9.59 Å². The number of carbonyl (C=O) groups is 2. The van der Waals surface area contributed by atoms with Gasteiger partial charge in [-0.25, -0.2) is 0 Å². The fourth-order valence-electron chi connectivity index (χ4n) is 5.31. The maximum atomic E-state index is 13.5. The van der Waals surface area contributed by atoms with Crippen molar-refractivity contribution >= 4 is 17.5 Å². The summed E-state index contributed by atoms with van der Waals surface area (Å²) in [5.41, 5.74) is 1.05. The minimum atomic E-state index is -0.768. The Morgan fingerprint density at radius 3 is 2.82 bits per heavy atom. The molecule has 170 valence electrons. The highest BCUT2D eigenvalue weighted by atomic mass is 16.7. The molecule has 2 aromatic rings. The van der Waals surface area contributed by atoms with Crippen molar-refractivity contribution in [3.63, 3.8) is 0 Å². The first-order chi connectivity index (χ1) is 16.1. The summed E-state index contributed by atoms with van der Waals surface area (Å²) >= 11 is 0. The first-order valence-corrected chi connectivity index (χ1v) is 11.1. The molecular formula is C25H24N2O6. The average molecular weight is 448 g/mol. The number of ether oxygens (including phenoxy) is 4. The molecule has 8 heteroatoms. The molecule has 2 fully saturated rings. The molecule has 2 aromatic carbocycles. The molecule has 4 aliphatic heterocycles. The van der Waals surface area contributed by atoms with E-state index in [1.165, 1.54) is 0 Å². The van der Waals surface area contributed by atoms with Gasteiger partial charge >= 0.3 is 0 Å². The van der Waals surface area contributed by atoms with Crippen LogP contribution in [-0.2, 0) is 20.7 Å². The predicted molar refractivity (Wildman–Crippen MR) is 118 cm³/mol. The van der Waals surface area contributed by atoms with Gasteiger partial charge in [-0.1, -0.05) is 24.3 Å². The van der Waals surface area contributed by atoms with Gasteiger partial charge in [-0.15, -0.1) is 0 Å². The molecule has 6 rings (SSSR count). The van der Waals surface area contributed by atoms with Gasteiger partial charge in [0.05, 0.1) is 31.6 Å². The molecule has 2 saturated heterocycles. The van der Waals surface area contributed by atoms with E-state index >= 15 is 0 Å². The van der Waals surface area contributed by atoms with Gasteiger partial charge in [0.2, 0.25) is 18.6 Å². The van der Waals surface area contributed by atoms with Gasteiger partial charge in [0, 0.05) is 18.3 Å². The number of anilines is 1. The van der Waals surface area contributed by atoms with Crippen LogP contribution in [0.3, 0.4) is 0 Å². The van der Waals surface area contributed by atoms with Crippen molar-refractivity contribution in [1.82, 2.24) is 5.32 Å². The van der Waals surface area contributed by atoms with Crippen LogP contribution in [-0.4, -0.2) is 50.5 Å². The van der Waals surface area contributed by atoms with Crippen LogP contribution in [0.25, 0.3) is 0 Å². The van der Waals surface area contributed by atoms with E-state index in [0.717, 1.165) is 11.3 Å². The summed E-state index contributed by atoms with van der Waals surface area (Å²) in [6, 6.07) is 13.2.